The molecule has 0 radical (unpaired) electrons. The zero-order chi connectivity index (χ0) is 19.3. The maximum Gasteiger partial charge on any atom is 0.289 e. The SMILES string of the molecule is COCc1ccc(C(=O)N2CCCC(c3nccn3Cc3ccccn3)C2)o1. The van der Waals surface area contributed by atoms with E-state index < -0.39 is 0 Å². The Morgan fingerprint density at radius 1 is 1.25 bits per heavy atom. The third-order valence-electron chi connectivity index (χ3n) is 5.04. The molecule has 146 valence electrons. The van der Waals surface area contributed by atoms with Crippen LogP contribution in [0.4, 0.5) is 0 Å². The number of carbonyl (C=O) groups excluding carboxylic acids is 1. The van der Waals surface area contributed by atoms with Crippen LogP contribution in [-0.2, 0) is 17.9 Å². The van der Waals surface area contributed by atoms with Crippen molar-refractivity contribution in [2.45, 2.75) is 31.9 Å². The molecule has 1 saturated heterocycles. The molecule has 0 N–H and O–H groups in total. The van der Waals surface area contributed by atoms with Gasteiger partial charge in [-0.15, -0.1) is 0 Å². The van der Waals surface area contributed by atoms with Gasteiger partial charge in [0.1, 0.15) is 18.2 Å². The predicted octanol–water partition coefficient (Wildman–Crippen LogP) is 3.09. The van der Waals surface area contributed by atoms with Gasteiger partial charge in [-0.1, -0.05) is 6.07 Å². The number of nitrogens with zero attached hydrogens (tertiary/aromatic N) is 4. The molecule has 3 aromatic heterocycles. The van der Waals surface area contributed by atoms with Crippen LogP contribution in [0.1, 0.15) is 46.6 Å². The molecule has 1 unspecified atom stereocenters. The number of likely N-dealkylation sites (tertiary alicyclic amines) is 1. The average Bonchev–Trinajstić information content (AvgIpc) is 3.38. The molecule has 1 fully saturated rings. The summed E-state index contributed by atoms with van der Waals surface area (Å²) in [7, 11) is 1.60. The van der Waals surface area contributed by atoms with Crippen LogP contribution in [0.3, 0.4) is 0 Å². The minimum Gasteiger partial charge on any atom is -0.453 e. The van der Waals surface area contributed by atoms with Crippen LogP contribution in [0.15, 0.2) is 53.3 Å². The van der Waals surface area contributed by atoms with Crippen LogP contribution < -0.4 is 0 Å². The Balaban J connectivity index is 1.47. The molecule has 0 aromatic carbocycles. The highest BCUT2D eigenvalue weighted by Gasteiger charge is 2.29. The largest absolute Gasteiger partial charge is 0.453 e. The monoisotopic (exact) mass is 380 g/mol. The van der Waals surface area contributed by atoms with Crippen LogP contribution in [0.2, 0.25) is 0 Å². The number of methoxy groups -OCH3 is 1. The second kappa shape index (κ2) is 8.39. The maximum absolute atomic E-state index is 12.9. The first-order valence-corrected chi connectivity index (χ1v) is 9.52. The average molecular weight is 380 g/mol. The lowest BCUT2D eigenvalue weighted by Gasteiger charge is -2.32. The summed E-state index contributed by atoms with van der Waals surface area (Å²) in [6.07, 6.45) is 7.56. The zero-order valence-corrected chi connectivity index (χ0v) is 16.0. The van der Waals surface area contributed by atoms with E-state index in [2.05, 4.69) is 14.5 Å². The van der Waals surface area contributed by atoms with Gasteiger partial charge in [-0.05, 0) is 37.1 Å². The summed E-state index contributed by atoms with van der Waals surface area (Å²) in [5, 5.41) is 0. The molecule has 1 aliphatic rings. The summed E-state index contributed by atoms with van der Waals surface area (Å²) < 4.78 is 12.8. The molecule has 7 heteroatoms. The van der Waals surface area contributed by atoms with Gasteiger partial charge < -0.3 is 18.6 Å². The van der Waals surface area contributed by atoms with Gasteiger partial charge in [0.2, 0.25) is 0 Å². The minimum absolute atomic E-state index is 0.0742. The van der Waals surface area contributed by atoms with E-state index in [-0.39, 0.29) is 11.8 Å². The van der Waals surface area contributed by atoms with Crippen molar-refractivity contribution in [1.82, 2.24) is 19.4 Å². The number of carbonyl (C=O) groups is 1. The van der Waals surface area contributed by atoms with Crippen molar-refractivity contribution in [3.63, 3.8) is 0 Å². The maximum atomic E-state index is 12.9. The Bertz CT molecular complexity index is 919. The molecule has 28 heavy (non-hydrogen) atoms. The fraction of sp³-hybridized carbons (Fsp3) is 0.381. The van der Waals surface area contributed by atoms with E-state index >= 15 is 0 Å². The number of hydrogen-bond acceptors (Lipinski definition) is 5. The van der Waals surface area contributed by atoms with E-state index in [0.717, 1.165) is 30.9 Å². The van der Waals surface area contributed by atoms with Crippen molar-refractivity contribution in [3.8, 4) is 0 Å². The van der Waals surface area contributed by atoms with E-state index in [1.807, 2.05) is 35.5 Å². The zero-order valence-electron chi connectivity index (χ0n) is 16.0. The number of piperidine rings is 1. The lowest BCUT2D eigenvalue weighted by molar-refractivity contribution is 0.0664. The standard InChI is InChI=1S/C21H24N4O3/c1-27-15-18-7-8-19(28-18)21(26)25-11-4-5-16(13-25)20-23-10-12-24(20)14-17-6-2-3-9-22-17/h2-3,6-10,12,16H,4-5,11,13-15H2,1H3. The van der Waals surface area contributed by atoms with Crippen LogP contribution in [0, 0.1) is 0 Å². The molecule has 0 saturated carbocycles. The van der Waals surface area contributed by atoms with E-state index in [9.17, 15) is 4.79 Å². The normalized spacial score (nSPS) is 17.0. The Morgan fingerprint density at radius 2 is 2.18 bits per heavy atom. The lowest BCUT2D eigenvalue weighted by Crippen LogP contribution is -2.39. The first-order valence-electron chi connectivity index (χ1n) is 9.52. The van der Waals surface area contributed by atoms with E-state index in [1.54, 1.807) is 25.4 Å². The second-order valence-corrected chi connectivity index (χ2v) is 7.02. The Kier molecular flexibility index (Phi) is 5.53. The van der Waals surface area contributed by atoms with Gasteiger partial charge in [-0.25, -0.2) is 4.98 Å². The van der Waals surface area contributed by atoms with Gasteiger partial charge in [0, 0.05) is 44.7 Å². The number of rotatable bonds is 6. The molecular formula is C21H24N4O3. The van der Waals surface area contributed by atoms with Gasteiger partial charge in [0.15, 0.2) is 5.76 Å². The number of aromatic nitrogens is 3. The smallest absolute Gasteiger partial charge is 0.289 e. The van der Waals surface area contributed by atoms with Crippen LogP contribution >= 0.6 is 0 Å². The fourth-order valence-electron chi connectivity index (χ4n) is 3.72. The molecule has 0 bridgehead atoms. The van der Waals surface area contributed by atoms with E-state index in [4.69, 9.17) is 9.15 Å². The lowest BCUT2D eigenvalue weighted by atomic mass is 9.97. The summed E-state index contributed by atoms with van der Waals surface area (Å²) in [4.78, 5) is 23.7. The summed E-state index contributed by atoms with van der Waals surface area (Å²) in [5.74, 6) is 2.15. The molecule has 4 heterocycles. The van der Waals surface area contributed by atoms with Crippen molar-refractivity contribution in [1.29, 1.82) is 0 Å². The highest BCUT2D eigenvalue weighted by Crippen LogP contribution is 2.27. The second-order valence-electron chi connectivity index (χ2n) is 7.02. The van der Waals surface area contributed by atoms with Gasteiger partial charge in [-0.2, -0.15) is 0 Å². The van der Waals surface area contributed by atoms with Crippen LogP contribution in [0.5, 0.6) is 0 Å². The van der Waals surface area contributed by atoms with Gasteiger partial charge >= 0.3 is 0 Å². The predicted molar refractivity (Wildman–Crippen MR) is 103 cm³/mol. The summed E-state index contributed by atoms with van der Waals surface area (Å²) in [6, 6.07) is 9.42. The number of pyridine rings is 1. The number of ether oxygens (including phenoxy) is 1. The fourth-order valence-corrected chi connectivity index (χ4v) is 3.72. The first-order chi connectivity index (χ1) is 13.7. The Hall–Kier alpha value is -2.93. The molecule has 1 atom stereocenters. The number of hydrogen-bond donors (Lipinski definition) is 0. The quantitative estimate of drug-likeness (QED) is 0.657. The number of amides is 1. The van der Waals surface area contributed by atoms with Gasteiger partial charge in [0.05, 0.1) is 12.2 Å². The van der Waals surface area contributed by atoms with Crippen LogP contribution in [0.25, 0.3) is 0 Å². The van der Waals surface area contributed by atoms with Crippen LogP contribution in [-0.4, -0.2) is 45.5 Å². The third-order valence-corrected chi connectivity index (χ3v) is 5.04. The summed E-state index contributed by atoms with van der Waals surface area (Å²) in [5.41, 5.74) is 0.992. The molecule has 1 amide bonds. The summed E-state index contributed by atoms with van der Waals surface area (Å²) in [6.45, 7) is 2.41. The van der Waals surface area contributed by atoms with E-state index in [1.165, 1.54) is 0 Å². The van der Waals surface area contributed by atoms with E-state index in [0.29, 0.717) is 31.2 Å². The Labute approximate surface area is 164 Å². The van der Waals surface area contributed by atoms with Gasteiger partial charge in [-0.3, -0.25) is 9.78 Å². The Morgan fingerprint density at radius 3 is 3.00 bits per heavy atom. The molecule has 1 aliphatic heterocycles. The molecular weight excluding hydrogens is 356 g/mol. The number of imidazole rings is 1. The van der Waals surface area contributed by atoms with Crippen molar-refractivity contribution in [3.05, 3.63) is 72.0 Å². The third kappa shape index (κ3) is 3.99. The minimum atomic E-state index is -0.0742. The molecule has 0 spiro atoms. The molecule has 3 aromatic rings. The first kappa shape index (κ1) is 18.4. The van der Waals surface area contributed by atoms with Crippen molar-refractivity contribution < 1.29 is 13.9 Å². The van der Waals surface area contributed by atoms with Crippen molar-refractivity contribution >= 4 is 5.91 Å². The number of furan rings is 1. The van der Waals surface area contributed by atoms with Crippen molar-refractivity contribution in [2.75, 3.05) is 20.2 Å². The highest BCUT2D eigenvalue weighted by molar-refractivity contribution is 5.91. The molecule has 0 aliphatic carbocycles. The molecule has 7 nitrogen and oxygen atoms in total. The summed E-state index contributed by atoms with van der Waals surface area (Å²) >= 11 is 0. The highest BCUT2D eigenvalue weighted by atomic mass is 16.5. The van der Waals surface area contributed by atoms with Gasteiger partial charge in [0.25, 0.3) is 5.91 Å². The van der Waals surface area contributed by atoms with Crippen molar-refractivity contribution in [2.24, 2.45) is 0 Å². The topological polar surface area (TPSA) is 73.4 Å². The molecule has 4 rings (SSSR count).